The van der Waals surface area contributed by atoms with Gasteiger partial charge in [-0.3, -0.25) is 11.6 Å². The van der Waals surface area contributed by atoms with Crippen molar-refractivity contribution >= 4 is 6.21 Å². The molecule has 0 heterocycles. The summed E-state index contributed by atoms with van der Waals surface area (Å²) in [4.78, 5) is 0. The molecule has 0 spiro atoms. The standard InChI is InChI=1S/C5H7N.2C2H6.CH4.CH3.Ir/c1-3-5(2)4-6;2*1-2;;;/h4H,1-2H3;2*1-2H3;1H4;1H3;/q-2;;;;-1;+3. The molecule has 0 aromatic heterocycles. The van der Waals surface area contributed by atoms with E-state index in [1.54, 1.807) is 13.8 Å². The molecule has 0 saturated heterocycles. The van der Waals surface area contributed by atoms with Crippen LogP contribution < -0.4 is 0 Å². The van der Waals surface area contributed by atoms with Crippen LogP contribution in [0.15, 0.2) is 5.57 Å². The summed E-state index contributed by atoms with van der Waals surface area (Å²) in [6.07, 6.45) is 3.75. The van der Waals surface area contributed by atoms with Crippen molar-refractivity contribution in [1.82, 2.24) is 0 Å². The molecule has 13 heavy (non-hydrogen) atoms. The summed E-state index contributed by atoms with van der Waals surface area (Å²) < 4.78 is 0. The van der Waals surface area contributed by atoms with E-state index in [4.69, 9.17) is 5.41 Å². The Morgan fingerprint density at radius 2 is 1.38 bits per heavy atom. The van der Waals surface area contributed by atoms with Crippen LogP contribution in [0.4, 0.5) is 0 Å². The first kappa shape index (κ1) is 38.1. The number of hydrogen-bond acceptors (Lipinski definition) is 0. The van der Waals surface area contributed by atoms with Crippen molar-refractivity contribution in [3.63, 3.8) is 0 Å². The van der Waals surface area contributed by atoms with Gasteiger partial charge in [0.25, 0.3) is 0 Å². The molecule has 0 saturated carbocycles. The van der Waals surface area contributed by atoms with E-state index in [-0.39, 0.29) is 35.0 Å². The molecule has 84 valence electrons. The molecule has 0 aromatic carbocycles. The number of nitrogens with zero attached hydrogens (tertiary/aromatic N) is 1. The Kier molecular flexibility index (Phi) is 169. The molecule has 0 amide bonds. The number of allylic oxidation sites excluding steroid dienone is 2. The Balaban J connectivity index is -0.0000000157. The van der Waals surface area contributed by atoms with Crippen LogP contribution in [0.2, 0.25) is 0 Å². The van der Waals surface area contributed by atoms with E-state index in [9.17, 15) is 0 Å². The van der Waals surface area contributed by atoms with Crippen molar-refractivity contribution in [1.29, 1.82) is 0 Å². The zero-order valence-corrected chi connectivity index (χ0v) is 11.8. The molecule has 0 N–H and O–H groups in total. The van der Waals surface area contributed by atoms with Crippen molar-refractivity contribution in [3.05, 3.63) is 24.5 Å². The van der Waals surface area contributed by atoms with Gasteiger partial charge in [0.15, 0.2) is 0 Å². The van der Waals surface area contributed by atoms with Crippen LogP contribution in [0.5, 0.6) is 0 Å². The van der Waals surface area contributed by atoms with E-state index < -0.39 is 0 Å². The number of hydrogen-bond donors (Lipinski definition) is 0. The molecular weight excluding hydrogens is 338 g/mol. The second-order valence-electron chi connectivity index (χ2n) is 1.06. The molecule has 1 nitrogen and oxygen atoms in total. The van der Waals surface area contributed by atoms with Crippen molar-refractivity contribution in [3.8, 4) is 0 Å². The fraction of sp³-hybridized carbons (Fsp3) is 0.636. The van der Waals surface area contributed by atoms with Crippen LogP contribution in [-0.2, 0) is 20.1 Å². The Morgan fingerprint density at radius 3 is 1.38 bits per heavy atom. The summed E-state index contributed by atoms with van der Waals surface area (Å²) in [5, 5.41) is 8.11. The van der Waals surface area contributed by atoms with Gasteiger partial charge < -0.3 is 19.1 Å². The molecule has 0 rings (SSSR count). The van der Waals surface area contributed by atoms with Gasteiger partial charge in [-0.15, -0.1) is 6.92 Å². The minimum Gasteiger partial charge on any atom is -0.911 e. The molecule has 0 unspecified atom stereocenters. The van der Waals surface area contributed by atoms with Crippen LogP contribution in [0.1, 0.15) is 49.0 Å². The van der Waals surface area contributed by atoms with Gasteiger partial charge in [0.2, 0.25) is 0 Å². The van der Waals surface area contributed by atoms with Gasteiger partial charge in [-0.25, -0.2) is 0 Å². The third-order valence-electron chi connectivity index (χ3n) is 0.588. The fourth-order valence-electron chi connectivity index (χ4n) is 0.0645. The summed E-state index contributed by atoms with van der Waals surface area (Å²) in [6.45, 7) is 11.5. The van der Waals surface area contributed by atoms with E-state index in [2.05, 4.69) is 6.08 Å². The van der Waals surface area contributed by atoms with Crippen molar-refractivity contribution in [2.24, 2.45) is 0 Å². The smallest absolute Gasteiger partial charge is 0.911 e. The maximum Gasteiger partial charge on any atom is 3.00 e. The maximum atomic E-state index is 8.11. The second-order valence-corrected chi connectivity index (χ2v) is 1.06. The minimum atomic E-state index is 0. The molecule has 0 bridgehead atoms. The van der Waals surface area contributed by atoms with Crippen LogP contribution in [-0.4, -0.2) is 6.21 Å². The minimum absolute atomic E-state index is 0. The van der Waals surface area contributed by atoms with Gasteiger partial charge in [-0.05, 0) is 0 Å². The van der Waals surface area contributed by atoms with Crippen LogP contribution in [0.3, 0.4) is 0 Å². The fourth-order valence-corrected chi connectivity index (χ4v) is 0.0645. The molecule has 0 aliphatic carbocycles. The predicted molar refractivity (Wildman–Crippen MR) is 63.4 cm³/mol. The largest absolute Gasteiger partial charge is 3.00 e. The Hall–Kier alpha value is 0.0594. The predicted octanol–water partition coefficient (Wildman–Crippen LogP) is 4.53. The first-order valence-electron chi connectivity index (χ1n) is 3.80. The van der Waals surface area contributed by atoms with Crippen LogP contribution >= 0.6 is 0 Å². The Labute approximate surface area is 99.9 Å². The van der Waals surface area contributed by atoms with Crippen LogP contribution in [0, 0.1) is 13.5 Å². The molecule has 0 fully saturated rings. The van der Waals surface area contributed by atoms with E-state index >= 15 is 0 Å². The van der Waals surface area contributed by atoms with E-state index in [0.717, 1.165) is 11.8 Å². The SMILES string of the molecule is C.CC.CC.C[C-]=C(C)C=[N-].[CH3-].[Ir+3]. The summed E-state index contributed by atoms with van der Waals surface area (Å²) >= 11 is 0. The van der Waals surface area contributed by atoms with E-state index in [1.807, 2.05) is 27.7 Å². The monoisotopic (exact) mass is 365 g/mol. The van der Waals surface area contributed by atoms with Gasteiger partial charge in [0.1, 0.15) is 0 Å². The average Bonchev–Trinajstić information content (AvgIpc) is 2.10. The molecule has 0 radical (unpaired) electrons. The van der Waals surface area contributed by atoms with Crippen molar-refractivity contribution in [2.45, 2.75) is 49.0 Å². The summed E-state index contributed by atoms with van der Waals surface area (Å²) in [5.41, 5.74) is 0.773. The van der Waals surface area contributed by atoms with Crippen molar-refractivity contribution in [2.75, 3.05) is 0 Å². The molecular formula is C11H26IrN. The summed E-state index contributed by atoms with van der Waals surface area (Å²) in [6, 6.07) is 0. The molecule has 2 heteroatoms. The third-order valence-corrected chi connectivity index (χ3v) is 0.588. The van der Waals surface area contributed by atoms with E-state index in [0.29, 0.717) is 0 Å². The molecule has 0 aliphatic heterocycles. The topological polar surface area (TPSA) is 22.3 Å². The van der Waals surface area contributed by atoms with Gasteiger partial charge in [0.05, 0.1) is 0 Å². The molecule has 0 aliphatic rings. The number of rotatable bonds is 1. The van der Waals surface area contributed by atoms with Gasteiger partial charge in [-0.1, -0.05) is 42.0 Å². The zero-order chi connectivity index (χ0) is 8.99. The molecule has 0 atom stereocenters. The summed E-state index contributed by atoms with van der Waals surface area (Å²) in [5.74, 6) is 0. The maximum absolute atomic E-state index is 8.11. The van der Waals surface area contributed by atoms with Gasteiger partial charge >= 0.3 is 20.1 Å². The first-order chi connectivity index (χ1) is 4.81. The van der Waals surface area contributed by atoms with Gasteiger partial charge in [0, 0.05) is 0 Å². The first-order valence-corrected chi connectivity index (χ1v) is 3.80. The van der Waals surface area contributed by atoms with Crippen LogP contribution in [0.25, 0.3) is 5.41 Å². The Bertz CT molecular complexity index is 78.2. The third kappa shape index (κ3) is 74.1. The van der Waals surface area contributed by atoms with E-state index in [1.165, 1.54) is 0 Å². The average molecular weight is 365 g/mol. The van der Waals surface area contributed by atoms with Crippen molar-refractivity contribution < 1.29 is 20.1 Å². The molecule has 0 aromatic rings. The Morgan fingerprint density at radius 1 is 1.15 bits per heavy atom. The second kappa shape index (κ2) is 57.6. The quantitative estimate of drug-likeness (QED) is 0.482. The summed E-state index contributed by atoms with van der Waals surface area (Å²) in [7, 11) is 0. The van der Waals surface area contributed by atoms with Gasteiger partial charge in [-0.2, -0.15) is 0 Å². The normalized spacial score (nSPS) is 6.15. The zero-order valence-electron chi connectivity index (χ0n) is 9.36.